The molecule has 0 aromatic rings. The molecule has 0 aliphatic carbocycles. The molecule has 0 atom stereocenters. The number of hydrogen-bond acceptors (Lipinski definition) is 3. The minimum absolute atomic E-state index is 0.663. The van der Waals surface area contributed by atoms with Gasteiger partial charge in [-0.15, -0.1) is 0 Å². The second-order valence-electron chi connectivity index (χ2n) is 6.42. The summed E-state index contributed by atoms with van der Waals surface area (Å²) in [4.78, 5) is 13.4. The molecule has 3 heteroatoms. The van der Waals surface area contributed by atoms with Crippen molar-refractivity contribution in [1.82, 2.24) is 0 Å². The zero-order valence-electron chi connectivity index (χ0n) is 14.7. The molecule has 0 spiro atoms. The maximum Gasteiger partial charge on any atom is 0.234 e. The summed E-state index contributed by atoms with van der Waals surface area (Å²) in [5.41, 5.74) is 5.48. The number of hydrogen-bond donors (Lipinski definition) is 1. The maximum atomic E-state index is 9.88. The van der Waals surface area contributed by atoms with Gasteiger partial charge in [0.2, 0.25) is 6.08 Å². The highest BCUT2D eigenvalue weighted by atomic mass is 16.1. The molecule has 0 unspecified atom stereocenters. The van der Waals surface area contributed by atoms with E-state index in [0.29, 0.717) is 6.54 Å². The number of unbranched alkanes of at least 4 members (excludes halogenated alkanes) is 15. The van der Waals surface area contributed by atoms with Crippen LogP contribution in [0.5, 0.6) is 0 Å². The molecule has 0 heterocycles. The van der Waals surface area contributed by atoms with E-state index in [2.05, 4.69) is 4.99 Å². The van der Waals surface area contributed by atoms with Crippen LogP contribution in [0.4, 0.5) is 0 Å². The van der Waals surface area contributed by atoms with Crippen molar-refractivity contribution in [2.24, 2.45) is 10.7 Å². The van der Waals surface area contributed by atoms with E-state index in [0.717, 1.165) is 13.0 Å². The predicted molar refractivity (Wildman–Crippen MR) is 95.9 cm³/mol. The fourth-order valence-electron chi connectivity index (χ4n) is 2.86. The first-order valence-electron chi connectivity index (χ1n) is 9.65. The van der Waals surface area contributed by atoms with Gasteiger partial charge in [-0.1, -0.05) is 89.9 Å². The molecular formula is C19H38N2O. The topological polar surface area (TPSA) is 55.4 Å². The summed E-state index contributed by atoms with van der Waals surface area (Å²) in [6.45, 7) is 1.52. The summed E-state index contributed by atoms with van der Waals surface area (Å²) in [5.74, 6) is 0. The highest BCUT2D eigenvalue weighted by Crippen LogP contribution is 2.13. The van der Waals surface area contributed by atoms with Gasteiger partial charge in [0.1, 0.15) is 0 Å². The molecular weight excluding hydrogens is 272 g/mol. The Bertz CT molecular complexity index is 250. The van der Waals surface area contributed by atoms with Crippen LogP contribution in [0, 0.1) is 0 Å². The van der Waals surface area contributed by atoms with Crippen LogP contribution in [0.25, 0.3) is 0 Å². The Morgan fingerprint density at radius 3 is 1.18 bits per heavy atom. The number of isocyanates is 1. The van der Waals surface area contributed by atoms with Crippen molar-refractivity contribution in [1.29, 1.82) is 0 Å². The van der Waals surface area contributed by atoms with Gasteiger partial charge in [-0.25, -0.2) is 9.79 Å². The third-order valence-corrected chi connectivity index (χ3v) is 4.29. The molecule has 3 nitrogen and oxygen atoms in total. The Morgan fingerprint density at radius 1 is 0.545 bits per heavy atom. The van der Waals surface area contributed by atoms with E-state index in [9.17, 15) is 4.79 Å². The molecule has 0 aromatic carbocycles. The largest absolute Gasteiger partial charge is 0.330 e. The lowest BCUT2D eigenvalue weighted by Gasteiger charge is -2.03. The maximum absolute atomic E-state index is 9.88. The summed E-state index contributed by atoms with van der Waals surface area (Å²) in [6, 6.07) is 0. The average Bonchev–Trinajstić information content (AvgIpc) is 2.54. The monoisotopic (exact) mass is 310 g/mol. The lowest BCUT2D eigenvalue weighted by atomic mass is 10.0. The minimum atomic E-state index is 0.663. The Balaban J connectivity index is 2.95. The number of nitrogens with zero attached hydrogens (tertiary/aromatic N) is 1. The Labute approximate surface area is 138 Å². The van der Waals surface area contributed by atoms with E-state index in [-0.39, 0.29) is 0 Å². The molecule has 0 aliphatic heterocycles. The van der Waals surface area contributed by atoms with E-state index >= 15 is 0 Å². The van der Waals surface area contributed by atoms with Gasteiger partial charge < -0.3 is 5.73 Å². The minimum Gasteiger partial charge on any atom is -0.330 e. The van der Waals surface area contributed by atoms with Crippen molar-refractivity contribution in [3.05, 3.63) is 0 Å². The third-order valence-electron chi connectivity index (χ3n) is 4.29. The van der Waals surface area contributed by atoms with E-state index < -0.39 is 0 Å². The quantitative estimate of drug-likeness (QED) is 0.206. The van der Waals surface area contributed by atoms with Crippen molar-refractivity contribution in [3.8, 4) is 0 Å². The number of rotatable bonds is 18. The number of nitrogens with two attached hydrogens (primary N) is 1. The number of carbonyl (C=O) groups excluding carboxylic acids is 1. The van der Waals surface area contributed by atoms with Gasteiger partial charge >= 0.3 is 0 Å². The first-order valence-corrected chi connectivity index (χ1v) is 9.65. The van der Waals surface area contributed by atoms with E-state index in [1.165, 1.54) is 96.3 Å². The van der Waals surface area contributed by atoms with Crippen molar-refractivity contribution in [3.63, 3.8) is 0 Å². The van der Waals surface area contributed by atoms with Crippen LogP contribution in [0.3, 0.4) is 0 Å². The normalized spacial score (nSPS) is 10.6. The number of aliphatic imine (C=N–C) groups is 1. The molecule has 0 rings (SSSR count). The molecule has 130 valence electrons. The fraction of sp³-hybridized carbons (Fsp3) is 0.947. The van der Waals surface area contributed by atoms with Crippen molar-refractivity contribution < 1.29 is 4.79 Å². The van der Waals surface area contributed by atoms with E-state index in [4.69, 9.17) is 5.73 Å². The standard InChI is InChI=1S/C19H38N2O/c20-17-15-13-11-9-7-5-3-1-2-4-6-8-10-12-14-16-18-21-19-22/h1-18,20H2. The van der Waals surface area contributed by atoms with Crippen LogP contribution in [0.1, 0.15) is 103 Å². The molecule has 0 aromatic heterocycles. The molecule has 0 aliphatic rings. The molecule has 0 saturated heterocycles. The lowest BCUT2D eigenvalue weighted by Crippen LogP contribution is -1.97. The molecule has 0 saturated carbocycles. The van der Waals surface area contributed by atoms with E-state index in [1.807, 2.05) is 0 Å². The van der Waals surface area contributed by atoms with Gasteiger partial charge in [0.25, 0.3) is 0 Å². The summed E-state index contributed by atoms with van der Waals surface area (Å²) in [6.07, 6.45) is 23.0. The van der Waals surface area contributed by atoms with Crippen LogP contribution in [0.15, 0.2) is 4.99 Å². The zero-order chi connectivity index (χ0) is 16.1. The lowest BCUT2D eigenvalue weighted by molar-refractivity contribution is 0.528. The Hall–Kier alpha value is -0.660. The van der Waals surface area contributed by atoms with Crippen LogP contribution >= 0.6 is 0 Å². The van der Waals surface area contributed by atoms with Gasteiger partial charge in [0.15, 0.2) is 0 Å². The van der Waals surface area contributed by atoms with Crippen molar-refractivity contribution in [2.75, 3.05) is 13.1 Å². The van der Waals surface area contributed by atoms with Gasteiger partial charge in [0.05, 0.1) is 6.54 Å². The third kappa shape index (κ3) is 19.3. The highest BCUT2D eigenvalue weighted by molar-refractivity contribution is 5.32. The predicted octanol–water partition coefficient (Wildman–Crippen LogP) is 5.52. The molecule has 22 heavy (non-hydrogen) atoms. The van der Waals surface area contributed by atoms with Gasteiger partial charge in [-0.05, 0) is 19.4 Å². The zero-order valence-corrected chi connectivity index (χ0v) is 14.7. The molecule has 0 bridgehead atoms. The smallest absolute Gasteiger partial charge is 0.234 e. The highest BCUT2D eigenvalue weighted by Gasteiger charge is 1.94. The summed E-state index contributed by atoms with van der Waals surface area (Å²) in [5, 5.41) is 0. The molecule has 0 radical (unpaired) electrons. The van der Waals surface area contributed by atoms with Crippen LogP contribution in [0.2, 0.25) is 0 Å². The van der Waals surface area contributed by atoms with E-state index in [1.54, 1.807) is 6.08 Å². The second kappa shape index (κ2) is 20.3. The van der Waals surface area contributed by atoms with Gasteiger partial charge in [-0.2, -0.15) is 0 Å². The molecule has 0 fully saturated rings. The first-order chi connectivity index (χ1) is 10.9. The van der Waals surface area contributed by atoms with Crippen LogP contribution in [-0.4, -0.2) is 19.2 Å². The van der Waals surface area contributed by atoms with Gasteiger partial charge in [0, 0.05) is 0 Å². The molecule has 2 N–H and O–H groups in total. The van der Waals surface area contributed by atoms with Crippen LogP contribution in [-0.2, 0) is 4.79 Å². The Kier molecular flexibility index (Phi) is 19.7. The molecule has 0 amide bonds. The van der Waals surface area contributed by atoms with Gasteiger partial charge in [-0.3, -0.25) is 0 Å². The Morgan fingerprint density at radius 2 is 0.864 bits per heavy atom. The summed E-state index contributed by atoms with van der Waals surface area (Å²) < 4.78 is 0. The van der Waals surface area contributed by atoms with Crippen LogP contribution < -0.4 is 5.73 Å². The SMILES string of the molecule is NCCCCCCCCCCCCCCCCCCN=C=O. The second-order valence-corrected chi connectivity index (χ2v) is 6.42. The van der Waals surface area contributed by atoms with Crippen molar-refractivity contribution >= 4 is 6.08 Å². The first kappa shape index (κ1) is 21.3. The fourth-order valence-corrected chi connectivity index (χ4v) is 2.86. The summed E-state index contributed by atoms with van der Waals surface area (Å²) in [7, 11) is 0. The average molecular weight is 311 g/mol. The summed E-state index contributed by atoms with van der Waals surface area (Å²) >= 11 is 0. The van der Waals surface area contributed by atoms with Crippen molar-refractivity contribution in [2.45, 2.75) is 103 Å².